The van der Waals surface area contributed by atoms with E-state index in [2.05, 4.69) is 54.6 Å². The van der Waals surface area contributed by atoms with Gasteiger partial charge in [-0.1, -0.05) is 54.6 Å². The van der Waals surface area contributed by atoms with Crippen molar-refractivity contribution in [3.05, 3.63) is 89.0 Å². The van der Waals surface area contributed by atoms with Crippen LogP contribution in [-0.4, -0.2) is 5.11 Å². The molecule has 3 aromatic rings. The number of benzene rings is 3. The Balaban J connectivity index is 1.84. The van der Waals surface area contributed by atoms with E-state index in [4.69, 9.17) is 0 Å². The van der Waals surface area contributed by atoms with Crippen LogP contribution in [0.25, 0.3) is 11.1 Å². The zero-order valence-electron chi connectivity index (χ0n) is 13.1. The molecule has 4 aliphatic rings. The molecule has 0 heterocycles. The molecule has 0 aromatic heterocycles. The summed E-state index contributed by atoms with van der Waals surface area (Å²) in [6.07, 6.45) is 3.77. The smallest absolute Gasteiger partial charge is 0.119 e. The van der Waals surface area contributed by atoms with Gasteiger partial charge in [0.2, 0.25) is 0 Å². The summed E-state index contributed by atoms with van der Waals surface area (Å²) in [7, 11) is 0. The Morgan fingerprint density at radius 2 is 1.22 bits per heavy atom. The third kappa shape index (κ3) is 2.87. The largest absolute Gasteiger partial charge is 0.508 e. The normalized spacial score (nSPS) is 13.6. The number of phenolic OH excluding ortho intramolecular Hbond substituents is 1. The van der Waals surface area contributed by atoms with Crippen molar-refractivity contribution in [2.24, 2.45) is 0 Å². The molecule has 4 aliphatic carbocycles. The van der Waals surface area contributed by atoms with E-state index in [-0.39, 0.29) is 0 Å². The quantitative estimate of drug-likeness (QED) is 0.674. The average molecular weight is 300 g/mol. The highest BCUT2D eigenvalue weighted by molar-refractivity contribution is 5.70. The van der Waals surface area contributed by atoms with E-state index in [1.165, 1.54) is 27.8 Å². The van der Waals surface area contributed by atoms with E-state index < -0.39 is 0 Å². The predicted octanol–water partition coefficient (Wildman–Crippen LogP) is 4.94. The highest BCUT2D eigenvalue weighted by Gasteiger charge is 2.13. The Morgan fingerprint density at radius 3 is 1.87 bits per heavy atom. The number of hydrogen-bond donors (Lipinski definition) is 1. The van der Waals surface area contributed by atoms with Crippen molar-refractivity contribution in [3.8, 4) is 16.9 Å². The van der Waals surface area contributed by atoms with Gasteiger partial charge in [0.1, 0.15) is 5.75 Å². The van der Waals surface area contributed by atoms with E-state index in [9.17, 15) is 5.11 Å². The molecule has 7 rings (SSSR count). The molecule has 23 heavy (non-hydrogen) atoms. The van der Waals surface area contributed by atoms with Crippen molar-refractivity contribution in [1.29, 1.82) is 0 Å². The molecule has 0 fully saturated rings. The Hall–Kier alpha value is -2.54. The summed E-state index contributed by atoms with van der Waals surface area (Å²) < 4.78 is 0. The van der Waals surface area contributed by atoms with Crippen molar-refractivity contribution >= 4 is 0 Å². The molecule has 0 aliphatic heterocycles. The van der Waals surface area contributed by atoms with Crippen LogP contribution in [0.3, 0.4) is 0 Å². The van der Waals surface area contributed by atoms with Gasteiger partial charge in [0.25, 0.3) is 0 Å². The van der Waals surface area contributed by atoms with Crippen LogP contribution in [0.5, 0.6) is 5.75 Å². The fraction of sp³-hybridized carbons (Fsp3) is 0.182. The number of aromatic hydroxyl groups is 1. The molecule has 0 radical (unpaired) electrons. The summed E-state index contributed by atoms with van der Waals surface area (Å²) in [6, 6.07) is 23.6. The lowest BCUT2D eigenvalue weighted by atomic mass is 9.90. The summed E-state index contributed by atoms with van der Waals surface area (Å²) in [5, 5.41) is 10.4. The zero-order chi connectivity index (χ0) is 15.6. The lowest BCUT2D eigenvalue weighted by Crippen LogP contribution is -2.00. The second-order valence-corrected chi connectivity index (χ2v) is 6.32. The van der Waals surface area contributed by atoms with Gasteiger partial charge in [-0.15, -0.1) is 0 Å². The fourth-order valence-electron chi connectivity index (χ4n) is 3.40. The predicted molar refractivity (Wildman–Crippen MR) is 94.8 cm³/mol. The highest BCUT2D eigenvalue weighted by Crippen LogP contribution is 2.32. The minimum absolute atomic E-state index is 0.440. The van der Waals surface area contributed by atoms with Gasteiger partial charge < -0.3 is 5.11 Å². The van der Waals surface area contributed by atoms with E-state index in [1.807, 2.05) is 12.1 Å². The van der Waals surface area contributed by atoms with Crippen LogP contribution in [-0.2, 0) is 25.7 Å². The molecule has 4 bridgehead atoms. The topological polar surface area (TPSA) is 20.2 Å². The fourth-order valence-corrected chi connectivity index (χ4v) is 3.40. The lowest BCUT2D eigenvalue weighted by Gasteiger charge is -2.16. The second-order valence-electron chi connectivity index (χ2n) is 6.32. The first kappa shape index (κ1) is 14.1. The van der Waals surface area contributed by atoms with Crippen molar-refractivity contribution in [2.75, 3.05) is 0 Å². The van der Waals surface area contributed by atoms with Crippen LogP contribution < -0.4 is 0 Å². The molecular formula is C22H20O. The van der Waals surface area contributed by atoms with Crippen LogP contribution in [0.1, 0.15) is 22.3 Å². The summed E-state index contributed by atoms with van der Waals surface area (Å²) in [4.78, 5) is 0. The van der Waals surface area contributed by atoms with Gasteiger partial charge in [0.15, 0.2) is 0 Å². The molecule has 0 atom stereocenters. The molecule has 1 N–H and O–H groups in total. The summed E-state index contributed by atoms with van der Waals surface area (Å²) in [5.74, 6) is 0.440. The maximum absolute atomic E-state index is 10.4. The molecule has 1 nitrogen and oxygen atoms in total. The van der Waals surface area contributed by atoms with E-state index in [0.717, 1.165) is 31.2 Å². The van der Waals surface area contributed by atoms with Gasteiger partial charge in [-0.25, -0.2) is 0 Å². The summed E-state index contributed by atoms with van der Waals surface area (Å²) in [5.41, 5.74) is 7.44. The number of phenols is 1. The number of hydrogen-bond acceptors (Lipinski definition) is 1. The van der Waals surface area contributed by atoms with Crippen LogP contribution in [0.4, 0.5) is 0 Å². The molecule has 0 amide bonds. The van der Waals surface area contributed by atoms with Crippen LogP contribution in [0.2, 0.25) is 0 Å². The highest BCUT2D eigenvalue weighted by atomic mass is 16.3. The molecular weight excluding hydrogens is 280 g/mol. The lowest BCUT2D eigenvalue weighted by molar-refractivity contribution is 0.467. The molecule has 3 aromatic carbocycles. The SMILES string of the molecule is Oc1cc2c(-c3ccccc3)cc1CCc1ccc(cc1)CC2. The summed E-state index contributed by atoms with van der Waals surface area (Å²) >= 11 is 0. The maximum Gasteiger partial charge on any atom is 0.119 e. The molecule has 0 saturated heterocycles. The van der Waals surface area contributed by atoms with E-state index >= 15 is 0 Å². The molecule has 0 spiro atoms. The molecule has 114 valence electrons. The van der Waals surface area contributed by atoms with Gasteiger partial charge in [-0.05, 0) is 71.2 Å². The standard InChI is InChI=1S/C22H20O/c23-22-15-19-12-10-16-6-8-17(9-7-16)11-13-20(22)14-21(19)18-4-2-1-3-5-18/h1-9,14-15,23H,10-13H2. The zero-order valence-corrected chi connectivity index (χ0v) is 13.1. The third-order valence-electron chi connectivity index (χ3n) is 4.78. The Kier molecular flexibility index (Phi) is 3.63. The maximum atomic E-state index is 10.4. The molecule has 0 unspecified atom stereocenters. The van der Waals surface area contributed by atoms with Gasteiger partial charge >= 0.3 is 0 Å². The first-order chi connectivity index (χ1) is 11.3. The molecule has 1 heteroatoms. The first-order valence-electron chi connectivity index (χ1n) is 8.27. The summed E-state index contributed by atoms with van der Waals surface area (Å²) in [6.45, 7) is 0. The number of aryl methyl sites for hydroxylation is 4. The van der Waals surface area contributed by atoms with Gasteiger partial charge in [0, 0.05) is 0 Å². The second kappa shape index (κ2) is 5.92. The number of rotatable bonds is 1. The van der Waals surface area contributed by atoms with Crippen LogP contribution in [0, 0.1) is 0 Å². The Morgan fingerprint density at radius 1 is 0.609 bits per heavy atom. The molecule has 0 saturated carbocycles. The van der Waals surface area contributed by atoms with Gasteiger partial charge in [0.05, 0.1) is 0 Å². The van der Waals surface area contributed by atoms with E-state index in [1.54, 1.807) is 0 Å². The Bertz CT molecular complexity index is 817. The monoisotopic (exact) mass is 300 g/mol. The van der Waals surface area contributed by atoms with Gasteiger partial charge in [-0.3, -0.25) is 0 Å². The van der Waals surface area contributed by atoms with Crippen molar-refractivity contribution in [3.63, 3.8) is 0 Å². The van der Waals surface area contributed by atoms with Crippen LogP contribution >= 0.6 is 0 Å². The van der Waals surface area contributed by atoms with Crippen molar-refractivity contribution < 1.29 is 5.11 Å². The minimum atomic E-state index is 0.440. The van der Waals surface area contributed by atoms with Crippen LogP contribution in [0.15, 0.2) is 66.7 Å². The first-order valence-corrected chi connectivity index (χ1v) is 8.27. The third-order valence-corrected chi connectivity index (χ3v) is 4.78. The van der Waals surface area contributed by atoms with Gasteiger partial charge in [-0.2, -0.15) is 0 Å². The van der Waals surface area contributed by atoms with Crippen molar-refractivity contribution in [1.82, 2.24) is 0 Å². The minimum Gasteiger partial charge on any atom is -0.508 e. The van der Waals surface area contributed by atoms with E-state index in [0.29, 0.717) is 5.75 Å². The van der Waals surface area contributed by atoms with Crippen molar-refractivity contribution in [2.45, 2.75) is 25.7 Å². The average Bonchev–Trinajstić information content (AvgIpc) is 2.59. The Labute approximate surface area is 137 Å².